The molecule has 0 fully saturated rings. The van der Waals surface area contributed by atoms with Gasteiger partial charge in [-0.15, -0.1) is 0 Å². The summed E-state index contributed by atoms with van der Waals surface area (Å²) < 4.78 is 0. The number of hydrogen-bond donors (Lipinski definition) is 7. The quantitative estimate of drug-likeness (QED) is 0.0342. The summed E-state index contributed by atoms with van der Waals surface area (Å²) in [7, 11) is 0. The van der Waals surface area contributed by atoms with E-state index in [-0.39, 0.29) is 28.4 Å². The number of aliphatic imine (C=N–C) groups is 1. The SMILES string of the molecule is CC(=O)C(=O)[C@@H](CCCCN)NC(O)CCc1ccc(-c2ccc(CCCCN=C(N)NC(=O)c3nc(Cl)c(N)nc3N)cc2)cc1. The lowest BCUT2D eigenvalue weighted by Crippen LogP contribution is -2.45. The van der Waals surface area contributed by atoms with Crippen molar-refractivity contribution in [1.29, 1.82) is 0 Å². The van der Waals surface area contributed by atoms with Crippen molar-refractivity contribution in [1.82, 2.24) is 20.6 Å². The molecule has 2 aromatic carbocycles. The Labute approximate surface area is 279 Å². The van der Waals surface area contributed by atoms with Crippen LogP contribution in [-0.4, -0.2) is 63.9 Å². The molecule has 2 atom stereocenters. The molecule has 252 valence electrons. The van der Waals surface area contributed by atoms with E-state index < -0.39 is 29.7 Å². The number of hydrogen-bond acceptors (Lipinski definition) is 11. The van der Waals surface area contributed by atoms with E-state index in [4.69, 9.17) is 34.5 Å². The minimum Gasteiger partial charge on any atom is -0.382 e. The molecule has 0 bridgehead atoms. The molecule has 11 N–H and O–H groups in total. The first-order chi connectivity index (χ1) is 22.5. The summed E-state index contributed by atoms with van der Waals surface area (Å²) in [6.07, 6.45) is 4.52. The minimum absolute atomic E-state index is 0.0591. The average Bonchev–Trinajstić information content (AvgIpc) is 3.05. The number of aromatic nitrogens is 2. The average molecular weight is 666 g/mol. The van der Waals surface area contributed by atoms with Gasteiger partial charge < -0.3 is 28.0 Å². The number of guanidine groups is 1. The van der Waals surface area contributed by atoms with Gasteiger partial charge in [0.1, 0.15) is 6.23 Å². The van der Waals surface area contributed by atoms with Crippen molar-refractivity contribution in [2.75, 3.05) is 24.6 Å². The number of aliphatic hydroxyl groups is 1. The van der Waals surface area contributed by atoms with Crippen LogP contribution in [0.3, 0.4) is 0 Å². The van der Waals surface area contributed by atoms with Gasteiger partial charge in [-0.05, 0) is 73.7 Å². The minimum atomic E-state index is -0.908. The van der Waals surface area contributed by atoms with E-state index >= 15 is 0 Å². The van der Waals surface area contributed by atoms with E-state index in [1.165, 1.54) is 12.5 Å². The Bertz CT molecular complexity index is 1530. The van der Waals surface area contributed by atoms with Gasteiger partial charge in [-0.3, -0.25) is 30.0 Å². The molecule has 0 aliphatic carbocycles. The Morgan fingerprint density at radius 2 is 1.49 bits per heavy atom. The maximum atomic E-state index is 12.3. The zero-order valence-corrected chi connectivity index (χ0v) is 27.3. The molecule has 0 spiro atoms. The fourth-order valence-corrected chi connectivity index (χ4v) is 4.97. The number of unbranched alkanes of at least 4 members (excludes halogenated alkanes) is 2. The van der Waals surface area contributed by atoms with E-state index in [0.717, 1.165) is 42.4 Å². The van der Waals surface area contributed by atoms with Crippen LogP contribution in [0.1, 0.15) is 67.1 Å². The van der Waals surface area contributed by atoms with Crippen molar-refractivity contribution in [3.8, 4) is 11.1 Å². The number of aryl methyl sites for hydroxylation is 2. The number of nitrogens with one attached hydrogen (secondary N) is 2. The van der Waals surface area contributed by atoms with Gasteiger partial charge in [0.05, 0.1) is 6.04 Å². The number of nitrogens with zero attached hydrogens (tertiary/aromatic N) is 3. The summed E-state index contributed by atoms with van der Waals surface area (Å²) in [6.45, 7) is 2.19. The summed E-state index contributed by atoms with van der Waals surface area (Å²) in [5, 5.41) is 15.7. The van der Waals surface area contributed by atoms with Crippen molar-refractivity contribution in [3.05, 3.63) is 70.5 Å². The van der Waals surface area contributed by atoms with Gasteiger partial charge in [-0.1, -0.05) is 66.6 Å². The lowest BCUT2D eigenvalue weighted by atomic mass is 9.99. The lowest BCUT2D eigenvalue weighted by molar-refractivity contribution is -0.137. The predicted octanol–water partition coefficient (Wildman–Crippen LogP) is 2.53. The van der Waals surface area contributed by atoms with Crippen LogP contribution in [0.4, 0.5) is 11.6 Å². The number of benzene rings is 2. The highest BCUT2D eigenvalue weighted by Gasteiger charge is 2.24. The fraction of sp³-hybridized carbons (Fsp3) is 0.394. The van der Waals surface area contributed by atoms with Crippen molar-refractivity contribution >= 4 is 46.7 Å². The molecule has 47 heavy (non-hydrogen) atoms. The zero-order chi connectivity index (χ0) is 34.3. The molecule has 1 unspecified atom stereocenters. The van der Waals surface area contributed by atoms with E-state index in [1.54, 1.807) is 0 Å². The van der Waals surface area contributed by atoms with Crippen LogP contribution in [0.5, 0.6) is 0 Å². The first-order valence-corrected chi connectivity index (χ1v) is 15.9. The van der Waals surface area contributed by atoms with Gasteiger partial charge in [0.15, 0.2) is 34.2 Å². The highest BCUT2D eigenvalue weighted by molar-refractivity contribution is 6.38. The number of nitrogens with two attached hydrogens (primary N) is 4. The molecule has 0 saturated carbocycles. The van der Waals surface area contributed by atoms with Gasteiger partial charge >= 0.3 is 0 Å². The first kappa shape index (κ1) is 37.0. The number of carbonyl (C=O) groups excluding carboxylic acids is 3. The summed E-state index contributed by atoms with van der Waals surface area (Å²) in [5.41, 5.74) is 26.8. The van der Waals surface area contributed by atoms with E-state index in [9.17, 15) is 19.5 Å². The Morgan fingerprint density at radius 3 is 2.09 bits per heavy atom. The number of Topliss-reactive ketones (excluding diaryl/α,β-unsaturated/α-hetero) is 2. The molecular weight excluding hydrogens is 622 g/mol. The Hall–Kier alpha value is -4.43. The van der Waals surface area contributed by atoms with Gasteiger partial charge in [0, 0.05) is 13.5 Å². The third kappa shape index (κ3) is 12.0. The third-order valence-electron chi connectivity index (χ3n) is 7.47. The molecule has 0 aliphatic rings. The highest BCUT2D eigenvalue weighted by Crippen LogP contribution is 2.22. The molecule has 1 heterocycles. The fourth-order valence-electron chi connectivity index (χ4n) is 4.84. The Balaban J connectivity index is 1.41. The normalized spacial score (nSPS) is 12.8. The zero-order valence-electron chi connectivity index (χ0n) is 26.5. The van der Waals surface area contributed by atoms with Crippen LogP contribution in [0.2, 0.25) is 5.15 Å². The number of anilines is 2. The van der Waals surface area contributed by atoms with Crippen LogP contribution in [-0.2, 0) is 22.4 Å². The maximum absolute atomic E-state index is 12.3. The van der Waals surface area contributed by atoms with Crippen LogP contribution < -0.4 is 33.6 Å². The van der Waals surface area contributed by atoms with E-state index in [0.29, 0.717) is 38.8 Å². The second kappa shape index (κ2) is 18.6. The van der Waals surface area contributed by atoms with Gasteiger partial charge in [-0.2, -0.15) is 0 Å². The number of ketones is 2. The number of rotatable bonds is 18. The third-order valence-corrected chi connectivity index (χ3v) is 7.75. The molecule has 1 aromatic heterocycles. The van der Waals surface area contributed by atoms with Crippen molar-refractivity contribution in [3.63, 3.8) is 0 Å². The summed E-state index contributed by atoms with van der Waals surface area (Å²) in [5.74, 6) is -2.00. The lowest BCUT2D eigenvalue weighted by Gasteiger charge is -2.21. The molecule has 3 rings (SSSR count). The second-order valence-corrected chi connectivity index (χ2v) is 11.5. The number of aliphatic hydroxyl groups excluding tert-OH is 1. The topological polar surface area (TPSA) is 238 Å². The van der Waals surface area contributed by atoms with Gasteiger partial charge in [0.2, 0.25) is 5.78 Å². The van der Waals surface area contributed by atoms with Gasteiger partial charge in [-0.25, -0.2) is 9.97 Å². The van der Waals surface area contributed by atoms with Crippen molar-refractivity contribution < 1.29 is 19.5 Å². The monoisotopic (exact) mass is 665 g/mol. The Kier molecular flexibility index (Phi) is 14.7. The molecule has 13 nitrogen and oxygen atoms in total. The maximum Gasteiger partial charge on any atom is 0.280 e. The van der Waals surface area contributed by atoms with E-state index in [2.05, 4.69) is 49.9 Å². The van der Waals surface area contributed by atoms with Crippen LogP contribution in [0.15, 0.2) is 53.5 Å². The first-order valence-electron chi connectivity index (χ1n) is 15.6. The summed E-state index contributed by atoms with van der Waals surface area (Å²) in [6, 6.07) is 15.8. The molecule has 0 radical (unpaired) electrons. The van der Waals surface area contributed by atoms with Crippen LogP contribution in [0, 0.1) is 0 Å². The molecule has 0 saturated heterocycles. The molecule has 1 amide bonds. The number of carbonyl (C=O) groups is 3. The highest BCUT2D eigenvalue weighted by atomic mass is 35.5. The number of amides is 1. The second-order valence-electron chi connectivity index (χ2n) is 11.2. The molecule has 3 aromatic rings. The van der Waals surface area contributed by atoms with Crippen molar-refractivity contribution in [2.24, 2.45) is 16.5 Å². The molecule has 0 aliphatic heterocycles. The van der Waals surface area contributed by atoms with Crippen LogP contribution in [0.25, 0.3) is 11.1 Å². The summed E-state index contributed by atoms with van der Waals surface area (Å²) >= 11 is 5.82. The summed E-state index contributed by atoms with van der Waals surface area (Å²) in [4.78, 5) is 48.0. The molecule has 14 heteroatoms. The Morgan fingerprint density at radius 1 is 0.872 bits per heavy atom. The van der Waals surface area contributed by atoms with Gasteiger partial charge in [0.25, 0.3) is 5.91 Å². The van der Waals surface area contributed by atoms with E-state index in [1.807, 2.05) is 24.3 Å². The van der Waals surface area contributed by atoms with Crippen LogP contribution >= 0.6 is 11.6 Å². The predicted molar refractivity (Wildman–Crippen MR) is 184 cm³/mol. The number of halogens is 1. The smallest absolute Gasteiger partial charge is 0.280 e. The van der Waals surface area contributed by atoms with Crippen molar-refractivity contribution in [2.45, 2.75) is 70.6 Å². The molecular formula is C33H44ClN9O4. The largest absolute Gasteiger partial charge is 0.382 e. The number of nitrogen functional groups attached to an aromatic ring is 2. The standard InChI is InChI=1S/C33H44ClN9O4/c1-20(44)28(46)25(7-2-4-18-35)40-26(45)17-12-22-10-15-24(16-11-22)23-13-8-21(9-14-23)6-3-5-19-39-33(38)43-32(47)27-30(36)42-31(37)29(34)41-27/h8-11,13-16,25-26,40,45H,2-7,12,17-19,35H2,1H3,(H4,36,37,42)(H3,38,39,43,47)/t25-,26?/m1/s1.